The zero-order valence-corrected chi connectivity index (χ0v) is 7.23. The van der Waals surface area contributed by atoms with Gasteiger partial charge in [-0.25, -0.2) is 4.98 Å². The fraction of sp³-hybridized carbons (Fsp3) is 0.571. The van der Waals surface area contributed by atoms with Crippen molar-refractivity contribution < 1.29 is 4.42 Å². The van der Waals surface area contributed by atoms with Crippen LogP contribution in [0.1, 0.15) is 25.7 Å². The van der Waals surface area contributed by atoms with Gasteiger partial charge in [-0.3, -0.25) is 0 Å². The molecule has 1 heterocycles. The first kappa shape index (κ1) is 7.66. The van der Waals surface area contributed by atoms with Crippen LogP contribution in [0.3, 0.4) is 0 Å². The summed E-state index contributed by atoms with van der Waals surface area (Å²) in [6, 6.07) is 0. The molecule has 3 heteroatoms. The summed E-state index contributed by atoms with van der Waals surface area (Å²) in [5.74, 6) is 1.21. The molecule has 0 saturated heterocycles. The molecule has 2 nitrogen and oxygen atoms in total. The van der Waals surface area contributed by atoms with Crippen LogP contribution < -0.4 is 0 Å². The fourth-order valence-corrected chi connectivity index (χ4v) is 0.957. The van der Waals surface area contributed by atoms with Gasteiger partial charge >= 0.3 is 0 Å². The van der Waals surface area contributed by atoms with Crippen LogP contribution in [0.2, 0.25) is 0 Å². The highest BCUT2D eigenvalue weighted by Crippen LogP contribution is 2.18. The molecule has 0 aliphatic heterocycles. The Hall–Kier alpha value is -0.440. The molecule has 0 aliphatic carbocycles. The van der Waals surface area contributed by atoms with E-state index in [-0.39, 0.29) is 0 Å². The maximum Gasteiger partial charge on any atom is 0.197 e. The van der Waals surface area contributed by atoms with Crippen LogP contribution in [0.5, 0.6) is 0 Å². The van der Waals surface area contributed by atoms with Gasteiger partial charge in [0.05, 0.1) is 0 Å². The maximum absolute atomic E-state index is 5.18. The number of hydrogen-bond donors (Lipinski definition) is 0. The van der Waals surface area contributed by atoms with Crippen molar-refractivity contribution >= 4 is 11.8 Å². The second kappa shape index (κ2) is 3.10. The van der Waals surface area contributed by atoms with Crippen LogP contribution in [0.4, 0.5) is 0 Å². The highest BCUT2D eigenvalue weighted by molar-refractivity contribution is 7.98. The van der Waals surface area contributed by atoms with Crippen molar-refractivity contribution in [3.63, 3.8) is 0 Å². The van der Waals surface area contributed by atoms with Crippen molar-refractivity contribution in [2.24, 2.45) is 0 Å². The Labute approximate surface area is 65.0 Å². The highest BCUT2D eigenvalue weighted by atomic mass is 32.2. The molecule has 1 aromatic heterocycles. The molecule has 0 spiro atoms. The van der Waals surface area contributed by atoms with E-state index in [0.29, 0.717) is 5.92 Å². The van der Waals surface area contributed by atoms with Crippen LogP contribution in [0.25, 0.3) is 0 Å². The minimum atomic E-state index is 0.390. The fourth-order valence-electron chi connectivity index (χ4n) is 0.631. The number of hydrogen-bond acceptors (Lipinski definition) is 3. The molecule has 0 aliphatic rings. The standard InChI is InChI=1S/C7H11NOS/c1-5(2)7-8-6(10-3)4-9-7/h4-5H,1-3H3. The van der Waals surface area contributed by atoms with Crippen molar-refractivity contribution in [3.8, 4) is 0 Å². The van der Waals surface area contributed by atoms with Crippen molar-refractivity contribution in [1.29, 1.82) is 0 Å². The van der Waals surface area contributed by atoms with Gasteiger partial charge in [0.2, 0.25) is 0 Å². The molecule has 1 aromatic rings. The predicted molar refractivity (Wildman–Crippen MR) is 42.4 cm³/mol. The largest absolute Gasteiger partial charge is 0.447 e. The third-order valence-electron chi connectivity index (χ3n) is 1.20. The molecular formula is C7H11NOS. The van der Waals surface area contributed by atoms with E-state index in [0.717, 1.165) is 10.9 Å². The molecule has 0 amide bonds. The molecule has 0 radical (unpaired) electrons. The van der Waals surface area contributed by atoms with E-state index in [1.54, 1.807) is 18.0 Å². The van der Waals surface area contributed by atoms with Crippen LogP contribution in [-0.2, 0) is 0 Å². The lowest BCUT2D eigenvalue weighted by Gasteiger charge is -1.93. The van der Waals surface area contributed by atoms with E-state index in [1.807, 2.05) is 6.26 Å². The molecule has 10 heavy (non-hydrogen) atoms. The zero-order chi connectivity index (χ0) is 7.56. The molecule has 0 fully saturated rings. The molecule has 0 N–H and O–H groups in total. The van der Waals surface area contributed by atoms with Crippen molar-refractivity contribution in [2.45, 2.75) is 24.8 Å². The topological polar surface area (TPSA) is 26.0 Å². The third-order valence-corrected chi connectivity index (χ3v) is 1.81. The van der Waals surface area contributed by atoms with E-state index >= 15 is 0 Å². The number of thioether (sulfide) groups is 1. The molecule has 0 aromatic carbocycles. The molecule has 0 unspecified atom stereocenters. The van der Waals surface area contributed by atoms with Gasteiger partial charge in [-0.2, -0.15) is 0 Å². The van der Waals surface area contributed by atoms with Gasteiger partial charge in [0.25, 0.3) is 0 Å². The predicted octanol–water partition coefficient (Wildman–Crippen LogP) is 2.52. The molecule has 0 saturated carbocycles. The first-order valence-electron chi connectivity index (χ1n) is 3.23. The van der Waals surface area contributed by atoms with Gasteiger partial charge in [0, 0.05) is 5.92 Å². The third kappa shape index (κ3) is 1.53. The first-order chi connectivity index (χ1) is 4.74. The number of aromatic nitrogens is 1. The Balaban J connectivity index is 2.78. The van der Waals surface area contributed by atoms with Crippen LogP contribution >= 0.6 is 11.8 Å². The number of rotatable bonds is 2. The molecular weight excluding hydrogens is 146 g/mol. The molecule has 0 atom stereocenters. The first-order valence-corrected chi connectivity index (χ1v) is 4.46. The van der Waals surface area contributed by atoms with Gasteiger partial charge in [-0.15, -0.1) is 11.8 Å². The summed E-state index contributed by atoms with van der Waals surface area (Å²) in [4.78, 5) is 4.22. The average Bonchev–Trinajstić information content (AvgIpc) is 2.34. The van der Waals surface area contributed by atoms with Crippen LogP contribution in [-0.4, -0.2) is 11.2 Å². The monoisotopic (exact) mass is 157 g/mol. The van der Waals surface area contributed by atoms with Crippen LogP contribution in [0.15, 0.2) is 15.7 Å². The van der Waals surface area contributed by atoms with Gasteiger partial charge in [-0.1, -0.05) is 13.8 Å². The summed E-state index contributed by atoms with van der Waals surface area (Å²) in [6.45, 7) is 4.13. The lowest BCUT2D eigenvalue weighted by atomic mass is 10.2. The summed E-state index contributed by atoms with van der Waals surface area (Å²) in [5, 5.41) is 0.962. The van der Waals surface area contributed by atoms with E-state index in [4.69, 9.17) is 4.42 Å². The number of nitrogens with zero attached hydrogens (tertiary/aromatic N) is 1. The van der Waals surface area contributed by atoms with Crippen molar-refractivity contribution in [2.75, 3.05) is 6.26 Å². The lowest BCUT2D eigenvalue weighted by molar-refractivity contribution is 0.470. The average molecular weight is 157 g/mol. The van der Waals surface area contributed by atoms with Crippen molar-refractivity contribution in [1.82, 2.24) is 4.98 Å². The normalized spacial score (nSPS) is 10.8. The Morgan fingerprint density at radius 2 is 2.30 bits per heavy atom. The Kier molecular flexibility index (Phi) is 2.38. The summed E-state index contributed by atoms with van der Waals surface area (Å²) >= 11 is 1.60. The second-order valence-electron chi connectivity index (χ2n) is 2.38. The van der Waals surface area contributed by atoms with Gasteiger partial charge in [0.1, 0.15) is 11.3 Å². The SMILES string of the molecule is CSc1coc(C(C)C)n1. The molecule has 1 rings (SSSR count). The van der Waals surface area contributed by atoms with Gasteiger partial charge in [0.15, 0.2) is 5.89 Å². The Morgan fingerprint density at radius 1 is 1.60 bits per heavy atom. The summed E-state index contributed by atoms with van der Waals surface area (Å²) in [7, 11) is 0. The van der Waals surface area contributed by atoms with E-state index in [2.05, 4.69) is 18.8 Å². The van der Waals surface area contributed by atoms with E-state index in [1.165, 1.54) is 0 Å². The van der Waals surface area contributed by atoms with Gasteiger partial charge < -0.3 is 4.42 Å². The number of oxazole rings is 1. The smallest absolute Gasteiger partial charge is 0.197 e. The van der Waals surface area contributed by atoms with E-state index in [9.17, 15) is 0 Å². The Morgan fingerprint density at radius 3 is 2.60 bits per heavy atom. The summed E-state index contributed by atoms with van der Waals surface area (Å²) < 4.78 is 5.18. The summed E-state index contributed by atoms with van der Waals surface area (Å²) in [5.41, 5.74) is 0. The molecule has 0 bridgehead atoms. The zero-order valence-electron chi connectivity index (χ0n) is 6.42. The second-order valence-corrected chi connectivity index (χ2v) is 3.21. The minimum Gasteiger partial charge on any atom is -0.447 e. The van der Waals surface area contributed by atoms with Gasteiger partial charge in [-0.05, 0) is 6.26 Å². The maximum atomic E-state index is 5.18. The highest BCUT2D eigenvalue weighted by Gasteiger charge is 2.05. The minimum absolute atomic E-state index is 0.390. The summed E-state index contributed by atoms with van der Waals surface area (Å²) in [6.07, 6.45) is 3.68. The quantitative estimate of drug-likeness (QED) is 0.617. The van der Waals surface area contributed by atoms with Crippen LogP contribution in [0, 0.1) is 0 Å². The molecule has 56 valence electrons. The lowest BCUT2D eigenvalue weighted by Crippen LogP contribution is -1.85. The van der Waals surface area contributed by atoms with E-state index < -0.39 is 0 Å². The van der Waals surface area contributed by atoms with Crippen molar-refractivity contribution in [3.05, 3.63) is 12.2 Å². The Bertz CT molecular complexity index is 207.